The molecule has 0 amide bonds. The molecule has 1 fully saturated rings. The number of rotatable bonds is 6. The van der Waals surface area contributed by atoms with Gasteiger partial charge in [0, 0.05) is 6.04 Å². The van der Waals surface area contributed by atoms with Crippen LogP contribution < -0.4 is 10.1 Å². The van der Waals surface area contributed by atoms with Crippen LogP contribution in [-0.4, -0.2) is 19.7 Å². The Morgan fingerprint density at radius 1 is 1.20 bits per heavy atom. The van der Waals surface area contributed by atoms with Gasteiger partial charge in [-0.3, -0.25) is 0 Å². The fraction of sp³-hybridized carbons (Fsp3) is 0.667. The molecule has 20 heavy (non-hydrogen) atoms. The van der Waals surface area contributed by atoms with Crippen molar-refractivity contribution in [3.63, 3.8) is 0 Å². The zero-order valence-corrected chi connectivity index (χ0v) is 13.2. The van der Waals surface area contributed by atoms with Crippen molar-refractivity contribution in [2.45, 2.75) is 52.0 Å². The van der Waals surface area contributed by atoms with Crippen LogP contribution >= 0.6 is 0 Å². The van der Waals surface area contributed by atoms with Crippen LogP contribution in [0.25, 0.3) is 0 Å². The molecule has 0 saturated heterocycles. The van der Waals surface area contributed by atoms with Gasteiger partial charge in [0.25, 0.3) is 0 Å². The summed E-state index contributed by atoms with van der Waals surface area (Å²) in [5, 5.41) is 3.73. The summed E-state index contributed by atoms with van der Waals surface area (Å²) < 4.78 is 5.26. The molecule has 0 aliphatic heterocycles. The van der Waals surface area contributed by atoms with Gasteiger partial charge in [-0.1, -0.05) is 26.0 Å². The summed E-state index contributed by atoms with van der Waals surface area (Å²) in [6.45, 7) is 5.80. The summed E-state index contributed by atoms with van der Waals surface area (Å²) in [6.07, 6.45) is 6.58. The van der Waals surface area contributed by atoms with Gasteiger partial charge in [-0.2, -0.15) is 0 Å². The summed E-state index contributed by atoms with van der Waals surface area (Å²) in [7, 11) is 1.73. The molecule has 1 aliphatic carbocycles. The molecule has 2 heteroatoms. The highest BCUT2D eigenvalue weighted by molar-refractivity contribution is 5.28. The first-order valence-corrected chi connectivity index (χ1v) is 8.05. The van der Waals surface area contributed by atoms with Crippen molar-refractivity contribution in [3.05, 3.63) is 29.8 Å². The van der Waals surface area contributed by atoms with E-state index in [4.69, 9.17) is 4.74 Å². The number of hydrogen-bond acceptors (Lipinski definition) is 2. The molecular weight excluding hydrogens is 246 g/mol. The lowest BCUT2D eigenvalue weighted by Gasteiger charge is -2.31. The summed E-state index contributed by atoms with van der Waals surface area (Å²) >= 11 is 0. The first-order valence-electron chi connectivity index (χ1n) is 8.05. The van der Waals surface area contributed by atoms with Crippen LogP contribution in [-0.2, 0) is 6.42 Å². The topological polar surface area (TPSA) is 21.3 Å². The third-order valence-corrected chi connectivity index (χ3v) is 4.70. The maximum atomic E-state index is 5.26. The molecule has 1 N–H and O–H groups in total. The van der Waals surface area contributed by atoms with E-state index in [9.17, 15) is 0 Å². The van der Waals surface area contributed by atoms with Gasteiger partial charge < -0.3 is 10.1 Å². The quantitative estimate of drug-likeness (QED) is 0.846. The smallest absolute Gasteiger partial charge is 0.119 e. The number of methoxy groups -OCH3 is 1. The van der Waals surface area contributed by atoms with Crippen LogP contribution in [0.2, 0.25) is 0 Å². The monoisotopic (exact) mass is 275 g/mol. The number of benzene rings is 1. The molecule has 112 valence electrons. The van der Waals surface area contributed by atoms with Crippen LogP contribution in [0.1, 0.15) is 45.1 Å². The molecule has 0 heterocycles. The lowest BCUT2D eigenvalue weighted by molar-refractivity contribution is 0.239. The van der Waals surface area contributed by atoms with Crippen molar-refractivity contribution in [2.75, 3.05) is 13.7 Å². The molecule has 2 rings (SSSR count). The van der Waals surface area contributed by atoms with E-state index in [0.717, 1.165) is 36.6 Å². The third-order valence-electron chi connectivity index (χ3n) is 4.70. The highest BCUT2D eigenvalue weighted by atomic mass is 16.5. The minimum absolute atomic E-state index is 0.732. The fourth-order valence-electron chi connectivity index (χ4n) is 3.24. The average Bonchev–Trinajstić information content (AvgIpc) is 2.48. The second-order valence-electron chi connectivity index (χ2n) is 6.41. The van der Waals surface area contributed by atoms with E-state index in [0.29, 0.717) is 0 Å². The first-order chi connectivity index (χ1) is 9.69. The highest BCUT2D eigenvalue weighted by Crippen LogP contribution is 2.29. The number of hydrogen-bond donors (Lipinski definition) is 1. The summed E-state index contributed by atoms with van der Waals surface area (Å²) in [6, 6.07) is 9.12. The van der Waals surface area contributed by atoms with Crippen molar-refractivity contribution in [2.24, 2.45) is 11.8 Å². The molecule has 0 unspecified atom stereocenters. The zero-order valence-electron chi connectivity index (χ0n) is 13.2. The summed E-state index contributed by atoms with van der Waals surface area (Å²) in [4.78, 5) is 0. The lowest BCUT2D eigenvalue weighted by atomic mass is 9.80. The van der Waals surface area contributed by atoms with Crippen LogP contribution in [0.3, 0.4) is 0 Å². The van der Waals surface area contributed by atoms with E-state index >= 15 is 0 Å². The molecular formula is C18H29NO. The number of ether oxygens (including phenoxy) is 1. The zero-order chi connectivity index (χ0) is 14.4. The van der Waals surface area contributed by atoms with Gasteiger partial charge in [-0.25, -0.2) is 0 Å². The Bertz CT molecular complexity index is 394. The predicted molar refractivity (Wildman–Crippen MR) is 85.3 cm³/mol. The van der Waals surface area contributed by atoms with E-state index in [1.165, 1.54) is 31.2 Å². The predicted octanol–water partition coefficient (Wildman–Crippen LogP) is 4.04. The van der Waals surface area contributed by atoms with Crippen molar-refractivity contribution in [1.29, 1.82) is 0 Å². The molecule has 0 spiro atoms. The normalized spacial score (nSPS) is 23.0. The van der Waals surface area contributed by atoms with E-state index in [-0.39, 0.29) is 0 Å². The molecule has 1 aromatic carbocycles. The van der Waals surface area contributed by atoms with Crippen molar-refractivity contribution < 1.29 is 4.74 Å². The maximum Gasteiger partial charge on any atom is 0.119 e. The Morgan fingerprint density at radius 2 is 1.95 bits per heavy atom. The highest BCUT2D eigenvalue weighted by Gasteiger charge is 2.22. The van der Waals surface area contributed by atoms with Crippen LogP contribution in [0.4, 0.5) is 0 Å². The Labute approximate surface area is 123 Å². The average molecular weight is 275 g/mol. The van der Waals surface area contributed by atoms with Gasteiger partial charge in [0.2, 0.25) is 0 Å². The second kappa shape index (κ2) is 7.68. The van der Waals surface area contributed by atoms with Gasteiger partial charge in [-0.05, 0) is 68.2 Å². The fourth-order valence-corrected chi connectivity index (χ4v) is 3.24. The van der Waals surface area contributed by atoms with Crippen molar-refractivity contribution in [1.82, 2.24) is 5.32 Å². The van der Waals surface area contributed by atoms with Gasteiger partial charge in [-0.15, -0.1) is 0 Å². The van der Waals surface area contributed by atoms with Crippen LogP contribution in [0, 0.1) is 11.8 Å². The summed E-state index contributed by atoms with van der Waals surface area (Å²) in [5.41, 5.74) is 1.35. The Balaban J connectivity index is 1.69. The van der Waals surface area contributed by atoms with Gasteiger partial charge in [0.15, 0.2) is 0 Å². The molecule has 0 aromatic heterocycles. The first kappa shape index (κ1) is 15.4. The molecule has 0 radical (unpaired) electrons. The van der Waals surface area contributed by atoms with Gasteiger partial charge >= 0.3 is 0 Å². The van der Waals surface area contributed by atoms with Crippen molar-refractivity contribution in [3.8, 4) is 5.75 Å². The van der Waals surface area contributed by atoms with Crippen LogP contribution in [0.5, 0.6) is 5.75 Å². The van der Waals surface area contributed by atoms with E-state index in [2.05, 4.69) is 37.4 Å². The van der Waals surface area contributed by atoms with E-state index in [1.54, 1.807) is 7.11 Å². The minimum atomic E-state index is 0.732. The molecule has 2 nitrogen and oxygen atoms in total. The lowest BCUT2D eigenvalue weighted by Crippen LogP contribution is -2.35. The minimum Gasteiger partial charge on any atom is -0.497 e. The Hall–Kier alpha value is -1.02. The van der Waals surface area contributed by atoms with Gasteiger partial charge in [0.05, 0.1) is 7.11 Å². The molecule has 0 bridgehead atoms. The van der Waals surface area contributed by atoms with Crippen molar-refractivity contribution >= 4 is 0 Å². The Kier molecular flexibility index (Phi) is 5.90. The van der Waals surface area contributed by atoms with E-state index < -0.39 is 0 Å². The maximum absolute atomic E-state index is 5.26. The van der Waals surface area contributed by atoms with Crippen LogP contribution in [0.15, 0.2) is 24.3 Å². The molecule has 1 saturated carbocycles. The SMILES string of the molecule is COc1cccc(CCNC2CCC(C(C)C)CC2)c1. The molecule has 1 aromatic rings. The standard InChI is InChI=1S/C18H29NO/c1-14(2)16-7-9-17(10-8-16)19-12-11-15-5-4-6-18(13-15)20-3/h4-6,13-14,16-17,19H,7-12H2,1-3H3. The summed E-state index contributed by atoms with van der Waals surface area (Å²) in [5.74, 6) is 2.76. The molecule has 1 aliphatic rings. The Morgan fingerprint density at radius 3 is 2.60 bits per heavy atom. The van der Waals surface area contributed by atoms with E-state index in [1.807, 2.05) is 6.07 Å². The molecule has 0 atom stereocenters. The largest absolute Gasteiger partial charge is 0.497 e. The number of nitrogens with one attached hydrogen (secondary N) is 1. The second-order valence-corrected chi connectivity index (χ2v) is 6.41. The van der Waals surface area contributed by atoms with Gasteiger partial charge in [0.1, 0.15) is 5.75 Å². The third kappa shape index (κ3) is 4.52.